The van der Waals surface area contributed by atoms with E-state index in [1.165, 1.54) is 31.8 Å². The van der Waals surface area contributed by atoms with Crippen LogP contribution in [-0.2, 0) is 5.41 Å². The van der Waals surface area contributed by atoms with E-state index in [2.05, 4.69) is 117 Å². The van der Waals surface area contributed by atoms with Crippen LogP contribution < -0.4 is 0 Å². The third-order valence-corrected chi connectivity index (χ3v) is 5.63. The van der Waals surface area contributed by atoms with Crippen LogP contribution in [0.2, 0.25) is 0 Å². The van der Waals surface area contributed by atoms with Gasteiger partial charge in [0.2, 0.25) is 0 Å². The Morgan fingerprint density at radius 2 is 1.59 bits per heavy atom. The van der Waals surface area contributed by atoms with Crippen molar-refractivity contribution in [1.29, 1.82) is 0 Å². The number of halogens is 1. The maximum Gasteiger partial charge on any atom is 0.0659 e. The average Bonchev–Trinajstić information content (AvgIpc) is 2.87. The van der Waals surface area contributed by atoms with E-state index in [9.17, 15) is 0 Å². The van der Waals surface area contributed by atoms with Crippen molar-refractivity contribution in [3.8, 4) is 5.69 Å². The second kappa shape index (κ2) is 7.63. The smallest absolute Gasteiger partial charge is 0.0659 e. The zero-order valence-electron chi connectivity index (χ0n) is 17.0. The quantitative estimate of drug-likeness (QED) is 0.288. The molecule has 0 aliphatic heterocycles. The Morgan fingerprint density at radius 3 is 2.19 bits per heavy atom. The van der Waals surface area contributed by atoms with E-state index in [4.69, 9.17) is 4.99 Å². The molecule has 3 aromatic rings. The highest BCUT2D eigenvalue weighted by Gasteiger charge is 2.14. The van der Waals surface area contributed by atoms with Gasteiger partial charge in [0.05, 0.1) is 5.69 Å². The van der Waals surface area contributed by atoms with Gasteiger partial charge in [-0.3, -0.25) is 4.99 Å². The monoisotopic (exact) mass is 470 g/mol. The summed E-state index contributed by atoms with van der Waals surface area (Å²) in [5.41, 5.74) is 8.53. The summed E-state index contributed by atoms with van der Waals surface area (Å²) in [7, 11) is 0. The first-order chi connectivity index (χ1) is 12.7. The molecule has 0 radical (unpaired) electrons. The van der Waals surface area contributed by atoms with Crippen LogP contribution in [0.4, 0.5) is 5.69 Å². The van der Waals surface area contributed by atoms with Gasteiger partial charge in [0.25, 0.3) is 0 Å². The molecule has 0 unspecified atom stereocenters. The molecule has 2 aromatic carbocycles. The average molecular weight is 470 g/mol. The van der Waals surface area contributed by atoms with Crippen LogP contribution in [0.15, 0.2) is 53.5 Å². The van der Waals surface area contributed by atoms with Crippen LogP contribution in [0, 0.1) is 24.3 Å². The first kappa shape index (κ1) is 19.9. The molecule has 27 heavy (non-hydrogen) atoms. The fourth-order valence-corrected chi connectivity index (χ4v) is 3.98. The highest BCUT2D eigenvalue weighted by molar-refractivity contribution is 14.1. The Hall–Kier alpha value is -1.88. The lowest BCUT2D eigenvalue weighted by atomic mass is 9.87. The minimum absolute atomic E-state index is 0.169. The van der Waals surface area contributed by atoms with Gasteiger partial charge < -0.3 is 4.57 Å². The van der Waals surface area contributed by atoms with Crippen molar-refractivity contribution in [3.05, 3.63) is 80.2 Å². The molecule has 3 heteroatoms. The van der Waals surface area contributed by atoms with E-state index < -0.39 is 0 Å². The molecule has 2 nitrogen and oxygen atoms in total. The van der Waals surface area contributed by atoms with Gasteiger partial charge in [-0.2, -0.15) is 0 Å². The van der Waals surface area contributed by atoms with Gasteiger partial charge in [-0.05, 0) is 96.3 Å². The molecule has 3 rings (SSSR count). The number of aliphatic imine (C=N–C) groups is 1. The number of hydrogen-bond acceptors (Lipinski definition) is 1. The summed E-state index contributed by atoms with van der Waals surface area (Å²) in [4.78, 5) is 4.73. The van der Waals surface area contributed by atoms with Gasteiger partial charge in [0.1, 0.15) is 0 Å². The van der Waals surface area contributed by atoms with E-state index in [-0.39, 0.29) is 5.41 Å². The fourth-order valence-electron chi connectivity index (χ4n) is 3.33. The molecule has 140 valence electrons. The first-order valence-corrected chi connectivity index (χ1v) is 10.3. The van der Waals surface area contributed by atoms with Crippen LogP contribution >= 0.6 is 22.6 Å². The predicted molar refractivity (Wildman–Crippen MR) is 125 cm³/mol. The Kier molecular flexibility index (Phi) is 5.61. The minimum Gasteiger partial charge on any atom is -0.318 e. The maximum absolute atomic E-state index is 4.73. The second-order valence-corrected chi connectivity index (χ2v) is 9.39. The van der Waals surface area contributed by atoms with Crippen LogP contribution in [0.25, 0.3) is 5.69 Å². The van der Waals surface area contributed by atoms with Gasteiger partial charge >= 0.3 is 0 Å². The lowest BCUT2D eigenvalue weighted by Crippen LogP contribution is -2.11. The summed E-state index contributed by atoms with van der Waals surface area (Å²) in [6.07, 6.45) is 1.98. The number of rotatable bonds is 3. The molecule has 0 amide bonds. The normalized spacial score (nSPS) is 12.1. The molecule has 0 atom stereocenters. The minimum atomic E-state index is 0.169. The molecule has 1 aromatic heterocycles. The maximum atomic E-state index is 4.73. The number of hydrogen-bond donors (Lipinski definition) is 0. The van der Waals surface area contributed by atoms with Crippen molar-refractivity contribution in [2.24, 2.45) is 4.99 Å². The lowest BCUT2D eigenvalue weighted by molar-refractivity contribution is 0.590. The predicted octanol–water partition coefficient (Wildman–Crippen LogP) is 7.06. The number of aryl methyl sites for hydroxylation is 2. The van der Waals surface area contributed by atoms with Crippen molar-refractivity contribution in [2.75, 3.05) is 0 Å². The van der Waals surface area contributed by atoms with Crippen LogP contribution in [0.3, 0.4) is 0 Å². The summed E-state index contributed by atoms with van der Waals surface area (Å²) in [5, 5.41) is 0. The summed E-state index contributed by atoms with van der Waals surface area (Å²) in [5.74, 6) is 0. The molecule has 0 N–H and O–H groups in total. The fraction of sp³-hybridized carbons (Fsp3) is 0.292. The molecule has 0 aliphatic rings. The van der Waals surface area contributed by atoms with Crippen LogP contribution in [-0.4, -0.2) is 10.8 Å². The van der Waals surface area contributed by atoms with Crippen molar-refractivity contribution >= 4 is 34.5 Å². The summed E-state index contributed by atoms with van der Waals surface area (Å²) in [6.45, 7) is 13.2. The number of nitrogens with zero attached hydrogens (tertiary/aromatic N) is 2. The molecule has 0 fully saturated rings. The molecular formula is C24H27IN2. The van der Waals surface area contributed by atoms with Crippen molar-refractivity contribution < 1.29 is 0 Å². The van der Waals surface area contributed by atoms with E-state index in [1.54, 1.807) is 0 Å². The molecular weight excluding hydrogens is 443 g/mol. The highest BCUT2D eigenvalue weighted by Crippen LogP contribution is 2.26. The van der Waals surface area contributed by atoms with Crippen molar-refractivity contribution in [3.63, 3.8) is 0 Å². The van der Waals surface area contributed by atoms with Crippen molar-refractivity contribution in [2.45, 2.75) is 47.0 Å². The summed E-state index contributed by atoms with van der Waals surface area (Å²) < 4.78 is 3.54. The SMILES string of the molecule is Cc1cc(I)ccc1N=Cc1cc(C)n(-c2ccc(C(C)(C)C)cc2)c1C. The Bertz CT molecular complexity index is 986. The van der Waals surface area contributed by atoms with Crippen LogP contribution in [0.5, 0.6) is 0 Å². The Balaban J connectivity index is 1.94. The van der Waals surface area contributed by atoms with E-state index in [1.807, 2.05) is 6.21 Å². The van der Waals surface area contributed by atoms with E-state index in [0.717, 1.165) is 11.3 Å². The summed E-state index contributed by atoms with van der Waals surface area (Å²) in [6, 6.07) is 17.4. The van der Waals surface area contributed by atoms with Gasteiger partial charge in [-0.15, -0.1) is 0 Å². The highest BCUT2D eigenvalue weighted by atomic mass is 127. The van der Waals surface area contributed by atoms with E-state index >= 15 is 0 Å². The van der Waals surface area contributed by atoms with Crippen LogP contribution in [0.1, 0.15) is 48.8 Å². The number of aromatic nitrogens is 1. The van der Waals surface area contributed by atoms with Gasteiger partial charge in [-0.25, -0.2) is 0 Å². The Morgan fingerprint density at radius 1 is 0.926 bits per heavy atom. The van der Waals surface area contributed by atoms with Crippen molar-refractivity contribution in [1.82, 2.24) is 4.57 Å². The standard InChI is InChI=1S/C24H27IN2/c1-16-13-21(25)9-12-23(16)26-15-19-14-17(2)27(18(19)3)22-10-7-20(8-11-22)24(4,5)6/h7-15H,1-6H3. The molecule has 0 aliphatic carbocycles. The van der Waals surface area contributed by atoms with Gasteiger partial charge in [0, 0.05) is 32.4 Å². The van der Waals surface area contributed by atoms with Gasteiger partial charge in [-0.1, -0.05) is 32.9 Å². The van der Waals surface area contributed by atoms with Gasteiger partial charge in [0.15, 0.2) is 0 Å². The molecule has 0 bridgehead atoms. The molecule has 0 saturated carbocycles. The summed E-state index contributed by atoms with van der Waals surface area (Å²) >= 11 is 2.33. The topological polar surface area (TPSA) is 17.3 Å². The second-order valence-electron chi connectivity index (χ2n) is 8.15. The zero-order valence-corrected chi connectivity index (χ0v) is 19.1. The zero-order chi connectivity index (χ0) is 19.8. The first-order valence-electron chi connectivity index (χ1n) is 9.27. The lowest BCUT2D eigenvalue weighted by Gasteiger charge is -2.20. The third-order valence-electron chi connectivity index (χ3n) is 4.96. The third kappa shape index (κ3) is 4.34. The number of benzene rings is 2. The molecule has 1 heterocycles. The van der Waals surface area contributed by atoms with E-state index in [0.29, 0.717) is 0 Å². The largest absolute Gasteiger partial charge is 0.318 e. The molecule has 0 saturated heterocycles. The molecule has 0 spiro atoms. The Labute approximate surface area is 176 Å².